The molecule has 0 aliphatic carbocycles. The normalized spacial score (nSPS) is 10.2. The molecule has 0 unspecified atom stereocenters. The third-order valence-electron chi connectivity index (χ3n) is 1.94. The molecule has 1 N–H and O–H groups in total. The van der Waals surface area contributed by atoms with Gasteiger partial charge in [0.25, 0.3) is 0 Å². The van der Waals surface area contributed by atoms with E-state index in [4.69, 9.17) is 11.6 Å². The Balaban J connectivity index is 2.34. The zero-order chi connectivity index (χ0) is 11.5. The standard InChI is InChI=1S/C11H7BrClFN2/c12-8-2-1-5-15-11(8)16-10-6-7(13)3-4-9(10)14/h1-6H,(H,15,16). The van der Waals surface area contributed by atoms with E-state index in [9.17, 15) is 4.39 Å². The lowest BCUT2D eigenvalue weighted by Gasteiger charge is -2.08. The molecule has 0 amide bonds. The number of benzene rings is 1. The molecule has 0 aliphatic rings. The highest BCUT2D eigenvalue weighted by atomic mass is 79.9. The van der Waals surface area contributed by atoms with Crippen molar-refractivity contribution in [2.75, 3.05) is 5.32 Å². The molecular formula is C11H7BrClFN2. The zero-order valence-electron chi connectivity index (χ0n) is 8.05. The van der Waals surface area contributed by atoms with Crippen LogP contribution in [-0.2, 0) is 0 Å². The highest BCUT2D eigenvalue weighted by Crippen LogP contribution is 2.26. The number of hydrogen-bond acceptors (Lipinski definition) is 2. The molecule has 0 fully saturated rings. The van der Waals surface area contributed by atoms with E-state index in [2.05, 4.69) is 26.2 Å². The smallest absolute Gasteiger partial charge is 0.146 e. The minimum absolute atomic E-state index is 0.298. The Bertz CT molecular complexity index is 519. The highest BCUT2D eigenvalue weighted by Gasteiger charge is 2.06. The monoisotopic (exact) mass is 300 g/mol. The van der Waals surface area contributed by atoms with Gasteiger partial charge in [-0.05, 0) is 46.3 Å². The van der Waals surface area contributed by atoms with Crippen LogP contribution in [0.15, 0.2) is 41.0 Å². The maximum Gasteiger partial charge on any atom is 0.146 e. The van der Waals surface area contributed by atoms with Gasteiger partial charge in [0.1, 0.15) is 11.6 Å². The van der Waals surface area contributed by atoms with Crippen LogP contribution < -0.4 is 5.32 Å². The number of pyridine rings is 1. The summed E-state index contributed by atoms with van der Waals surface area (Å²) in [7, 11) is 0. The third kappa shape index (κ3) is 2.51. The first-order chi connectivity index (χ1) is 7.66. The minimum Gasteiger partial charge on any atom is -0.337 e. The van der Waals surface area contributed by atoms with Gasteiger partial charge in [0.15, 0.2) is 0 Å². The Morgan fingerprint density at radius 1 is 1.31 bits per heavy atom. The van der Waals surface area contributed by atoms with Crippen molar-refractivity contribution in [2.24, 2.45) is 0 Å². The number of nitrogens with zero attached hydrogens (tertiary/aromatic N) is 1. The van der Waals surface area contributed by atoms with Crippen molar-refractivity contribution in [3.8, 4) is 0 Å². The van der Waals surface area contributed by atoms with Crippen LogP contribution in [0.2, 0.25) is 5.02 Å². The Morgan fingerprint density at radius 2 is 2.12 bits per heavy atom. The van der Waals surface area contributed by atoms with Crippen LogP contribution in [0, 0.1) is 5.82 Å². The van der Waals surface area contributed by atoms with E-state index >= 15 is 0 Å². The SMILES string of the molecule is Fc1ccc(Cl)cc1Nc1ncccc1Br. The van der Waals surface area contributed by atoms with Gasteiger partial charge in [0, 0.05) is 11.2 Å². The molecule has 0 spiro atoms. The van der Waals surface area contributed by atoms with E-state index in [1.807, 2.05) is 6.07 Å². The van der Waals surface area contributed by atoms with Crippen molar-refractivity contribution in [3.05, 3.63) is 51.8 Å². The number of hydrogen-bond donors (Lipinski definition) is 1. The summed E-state index contributed by atoms with van der Waals surface area (Å²) in [5.41, 5.74) is 0.298. The van der Waals surface area contributed by atoms with Gasteiger partial charge >= 0.3 is 0 Å². The predicted molar refractivity (Wildman–Crippen MR) is 66.6 cm³/mol. The van der Waals surface area contributed by atoms with E-state index in [0.717, 1.165) is 4.47 Å². The van der Waals surface area contributed by atoms with Crippen LogP contribution in [0.25, 0.3) is 0 Å². The van der Waals surface area contributed by atoms with Crippen LogP contribution in [0.4, 0.5) is 15.9 Å². The van der Waals surface area contributed by atoms with Gasteiger partial charge in [-0.2, -0.15) is 0 Å². The zero-order valence-corrected chi connectivity index (χ0v) is 10.4. The van der Waals surface area contributed by atoms with Gasteiger partial charge in [-0.15, -0.1) is 0 Å². The first-order valence-electron chi connectivity index (χ1n) is 4.49. The van der Waals surface area contributed by atoms with Crippen LogP contribution in [0.1, 0.15) is 0 Å². The van der Waals surface area contributed by atoms with Crippen molar-refractivity contribution in [1.82, 2.24) is 4.98 Å². The molecule has 1 aromatic carbocycles. The average molecular weight is 302 g/mol. The number of nitrogens with one attached hydrogen (secondary N) is 1. The van der Waals surface area contributed by atoms with Crippen molar-refractivity contribution in [2.45, 2.75) is 0 Å². The minimum atomic E-state index is -0.373. The Kier molecular flexibility index (Phi) is 3.41. The molecule has 0 bridgehead atoms. The summed E-state index contributed by atoms with van der Waals surface area (Å²) in [5.74, 6) is 0.172. The van der Waals surface area contributed by atoms with E-state index in [0.29, 0.717) is 16.5 Å². The van der Waals surface area contributed by atoms with Gasteiger partial charge in [-0.1, -0.05) is 11.6 Å². The third-order valence-corrected chi connectivity index (χ3v) is 2.81. The van der Waals surface area contributed by atoms with Crippen LogP contribution >= 0.6 is 27.5 Å². The molecule has 1 heterocycles. The van der Waals surface area contributed by atoms with Crippen molar-refractivity contribution in [3.63, 3.8) is 0 Å². The summed E-state index contributed by atoms with van der Waals surface area (Å²) in [6.45, 7) is 0. The summed E-state index contributed by atoms with van der Waals surface area (Å²) < 4.78 is 14.2. The predicted octanol–water partition coefficient (Wildman–Crippen LogP) is 4.38. The van der Waals surface area contributed by atoms with Crippen molar-refractivity contribution < 1.29 is 4.39 Å². The maximum absolute atomic E-state index is 13.4. The molecule has 0 radical (unpaired) electrons. The molecule has 2 aromatic rings. The van der Waals surface area contributed by atoms with Crippen LogP contribution in [0.5, 0.6) is 0 Å². The Labute approximate surface area is 106 Å². The number of halogens is 3. The molecule has 0 atom stereocenters. The Hall–Kier alpha value is -1.13. The topological polar surface area (TPSA) is 24.9 Å². The molecule has 0 saturated heterocycles. The lowest BCUT2D eigenvalue weighted by Crippen LogP contribution is -1.96. The van der Waals surface area contributed by atoms with E-state index < -0.39 is 0 Å². The molecule has 2 rings (SSSR count). The first kappa shape index (κ1) is 11.4. The van der Waals surface area contributed by atoms with Crippen LogP contribution in [0.3, 0.4) is 0 Å². The van der Waals surface area contributed by atoms with Gasteiger partial charge in [0.2, 0.25) is 0 Å². The highest BCUT2D eigenvalue weighted by molar-refractivity contribution is 9.10. The average Bonchev–Trinajstić information content (AvgIpc) is 2.27. The summed E-state index contributed by atoms with van der Waals surface area (Å²) in [4.78, 5) is 4.08. The molecule has 0 saturated carbocycles. The fraction of sp³-hybridized carbons (Fsp3) is 0. The quantitative estimate of drug-likeness (QED) is 0.890. The molecule has 0 aliphatic heterocycles. The lowest BCUT2D eigenvalue weighted by molar-refractivity contribution is 0.632. The molecule has 5 heteroatoms. The summed E-state index contributed by atoms with van der Waals surface area (Å²) in [6.07, 6.45) is 1.62. The van der Waals surface area contributed by atoms with Crippen molar-refractivity contribution >= 4 is 39.0 Å². The van der Waals surface area contributed by atoms with Gasteiger partial charge < -0.3 is 5.32 Å². The molecule has 82 valence electrons. The van der Waals surface area contributed by atoms with E-state index in [-0.39, 0.29) is 5.82 Å². The second-order valence-corrected chi connectivity index (χ2v) is 4.37. The molecule has 16 heavy (non-hydrogen) atoms. The van der Waals surface area contributed by atoms with Crippen molar-refractivity contribution in [1.29, 1.82) is 0 Å². The second kappa shape index (κ2) is 4.80. The summed E-state index contributed by atoms with van der Waals surface area (Å²) in [5, 5.41) is 3.33. The molecule has 2 nitrogen and oxygen atoms in total. The lowest BCUT2D eigenvalue weighted by atomic mass is 10.3. The molecular weight excluding hydrogens is 294 g/mol. The van der Waals surface area contributed by atoms with E-state index in [1.165, 1.54) is 18.2 Å². The van der Waals surface area contributed by atoms with Gasteiger partial charge in [-0.3, -0.25) is 0 Å². The number of anilines is 2. The number of aromatic nitrogens is 1. The van der Waals surface area contributed by atoms with E-state index in [1.54, 1.807) is 12.3 Å². The largest absolute Gasteiger partial charge is 0.337 e. The summed E-state index contributed by atoms with van der Waals surface area (Å²) in [6, 6.07) is 7.91. The fourth-order valence-corrected chi connectivity index (χ4v) is 1.72. The second-order valence-electron chi connectivity index (χ2n) is 3.08. The Morgan fingerprint density at radius 3 is 2.88 bits per heavy atom. The van der Waals surface area contributed by atoms with Gasteiger partial charge in [0.05, 0.1) is 10.2 Å². The van der Waals surface area contributed by atoms with Gasteiger partial charge in [-0.25, -0.2) is 9.37 Å². The molecule has 1 aromatic heterocycles. The maximum atomic E-state index is 13.4. The summed E-state index contributed by atoms with van der Waals surface area (Å²) >= 11 is 9.10. The fourth-order valence-electron chi connectivity index (χ4n) is 1.20. The van der Waals surface area contributed by atoms with Crippen LogP contribution in [-0.4, -0.2) is 4.98 Å². The number of rotatable bonds is 2. The first-order valence-corrected chi connectivity index (χ1v) is 5.66.